The SMILES string of the molecule is Nc1cccc2[nH]c(-c3c(F)cccc3F)nc12. The number of H-pyrrole nitrogens is 1. The summed E-state index contributed by atoms with van der Waals surface area (Å²) in [6, 6.07) is 8.87. The number of nitrogen functional groups attached to an aromatic ring is 1. The van der Waals surface area contributed by atoms with Crippen LogP contribution in [0.4, 0.5) is 14.5 Å². The molecule has 0 saturated heterocycles. The average Bonchev–Trinajstić information content (AvgIpc) is 2.74. The van der Waals surface area contributed by atoms with Crippen LogP contribution < -0.4 is 5.73 Å². The highest BCUT2D eigenvalue weighted by atomic mass is 19.1. The van der Waals surface area contributed by atoms with E-state index in [0.717, 1.165) is 0 Å². The molecule has 18 heavy (non-hydrogen) atoms. The number of imidazole rings is 1. The summed E-state index contributed by atoms with van der Waals surface area (Å²) >= 11 is 0. The van der Waals surface area contributed by atoms with Gasteiger partial charge in [0, 0.05) is 0 Å². The Morgan fingerprint density at radius 3 is 2.33 bits per heavy atom. The Morgan fingerprint density at radius 1 is 1.00 bits per heavy atom. The van der Waals surface area contributed by atoms with Crippen LogP contribution in [0.25, 0.3) is 22.4 Å². The van der Waals surface area contributed by atoms with E-state index < -0.39 is 11.6 Å². The van der Waals surface area contributed by atoms with E-state index in [1.165, 1.54) is 18.2 Å². The number of nitrogens with two attached hydrogens (primary N) is 1. The first kappa shape index (κ1) is 10.7. The second-order valence-electron chi connectivity index (χ2n) is 3.93. The lowest BCUT2D eigenvalue weighted by Crippen LogP contribution is -1.91. The standard InChI is InChI=1S/C13H9F2N3/c14-7-3-1-4-8(15)11(7)13-17-10-6-2-5-9(16)12(10)18-13/h1-6H,16H2,(H,17,18). The van der Waals surface area contributed by atoms with E-state index in [0.29, 0.717) is 16.7 Å². The van der Waals surface area contributed by atoms with Gasteiger partial charge < -0.3 is 10.7 Å². The van der Waals surface area contributed by atoms with Crippen LogP contribution in [-0.4, -0.2) is 9.97 Å². The predicted octanol–water partition coefficient (Wildman–Crippen LogP) is 3.09. The molecule has 3 aromatic rings. The molecule has 0 fully saturated rings. The van der Waals surface area contributed by atoms with Crippen LogP contribution in [0.1, 0.15) is 0 Å². The third-order valence-electron chi connectivity index (χ3n) is 2.74. The first-order valence-electron chi connectivity index (χ1n) is 5.35. The molecular weight excluding hydrogens is 236 g/mol. The zero-order valence-electron chi connectivity index (χ0n) is 9.24. The maximum Gasteiger partial charge on any atom is 0.144 e. The summed E-state index contributed by atoms with van der Waals surface area (Å²) in [5.41, 5.74) is 7.20. The number of fused-ring (bicyclic) bond motifs is 1. The van der Waals surface area contributed by atoms with E-state index in [9.17, 15) is 8.78 Å². The van der Waals surface area contributed by atoms with Gasteiger partial charge in [-0.3, -0.25) is 0 Å². The van der Waals surface area contributed by atoms with Gasteiger partial charge in [0.05, 0.1) is 16.8 Å². The smallest absolute Gasteiger partial charge is 0.144 e. The summed E-state index contributed by atoms with van der Waals surface area (Å²) in [7, 11) is 0. The number of benzene rings is 2. The second-order valence-corrected chi connectivity index (χ2v) is 3.93. The van der Waals surface area contributed by atoms with Gasteiger partial charge in [-0.15, -0.1) is 0 Å². The van der Waals surface area contributed by atoms with Gasteiger partial charge in [-0.1, -0.05) is 12.1 Å². The topological polar surface area (TPSA) is 54.7 Å². The Balaban J connectivity index is 2.30. The fourth-order valence-corrected chi connectivity index (χ4v) is 1.90. The van der Waals surface area contributed by atoms with Crippen molar-refractivity contribution in [3.05, 3.63) is 48.0 Å². The van der Waals surface area contributed by atoms with Crippen LogP contribution in [0, 0.1) is 11.6 Å². The molecule has 1 aromatic heterocycles. The van der Waals surface area contributed by atoms with E-state index in [1.807, 2.05) is 0 Å². The number of halogens is 2. The molecule has 3 rings (SSSR count). The monoisotopic (exact) mass is 245 g/mol. The minimum atomic E-state index is -0.660. The Hall–Kier alpha value is -2.43. The fourth-order valence-electron chi connectivity index (χ4n) is 1.90. The van der Waals surface area contributed by atoms with Crippen LogP contribution in [0.2, 0.25) is 0 Å². The normalized spacial score (nSPS) is 11.0. The fraction of sp³-hybridized carbons (Fsp3) is 0. The average molecular weight is 245 g/mol. The van der Waals surface area contributed by atoms with Gasteiger partial charge in [0.2, 0.25) is 0 Å². The summed E-state index contributed by atoms with van der Waals surface area (Å²) in [5, 5.41) is 0. The summed E-state index contributed by atoms with van der Waals surface area (Å²) in [6.07, 6.45) is 0. The Kier molecular flexibility index (Phi) is 2.26. The van der Waals surface area contributed by atoms with Gasteiger partial charge in [0.25, 0.3) is 0 Å². The number of aromatic amines is 1. The molecule has 1 heterocycles. The van der Waals surface area contributed by atoms with Crippen LogP contribution >= 0.6 is 0 Å². The third kappa shape index (κ3) is 1.52. The zero-order chi connectivity index (χ0) is 12.7. The Morgan fingerprint density at radius 2 is 1.67 bits per heavy atom. The van der Waals surface area contributed by atoms with Crippen molar-refractivity contribution in [3.63, 3.8) is 0 Å². The van der Waals surface area contributed by atoms with Gasteiger partial charge in [0.15, 0.2) is 0 Å². The number of hydrogen-bond acceptors (Lipinski definition) is 2. The molecule has 0 amide bonds. The predicted molar refractivity (Wildman–Crippen MR) is 65.9 cm³/mol. The van der Waals surface area contributed by atoms with Crippen molar-refractivity contribution >= 4 is 16.7 Å². The molecule has 5 heteroatoms. The lowest BCUT2D eigenvalue weighted by molar-refractivity contribution is 0.588. The molecule has 0 atom stereocenters. The summed E-state index contributed by atoms with van der Waals surface area (Å²) in [6.45, 7) is 0. The highest BCUT2D eigenvalue weighted by Gasteiger charge is 2.15. The number of rotatable bonds is 1. The van der Waals surface area contributed by atoms with Crippen molar-refractivity contribution in [3.8, 4) is 11.4 Å². The van der Waals surface area contributed by atoms with Gasteiger partial charge >= 0.3 is 0 Å². The minimum absolute atomic E-state index is 0.138. The maximum atomic E-state index is 13.6. The lowest BCUT2D eigenvalue weighted by Gasteiger charge is -2.00. The number of nitrogens with one attached hydrogen (secondary N) is 1. The number of aromatic nitrogens is 2. The molecule has 0 aliphatic carbocycles. The van der Waals surface area contributed by atoms with Crippen molar-refractivity contribution in [2.24, 2.45) is 0 Å². The molecule has 2 aromatic carbocycles. The molecule has 0 unspecified atom stereocenters. The zero-order valence-corrected chi connectivity index (χ0v) is 9.24. The molecule has 0 saturated carbocycles. The summed E-state index contributed by atoms with van der Waals surface area (Å²) in [5.74, 6) is -1.18. The van der Waals surface area contributed by atoms with Crippen molar-refractivity contribution in [1.29, 1.82) is 0 Å². The van der Waals surface area contributed by atoms with Gasteiger partial charge in [-0.05, 0) is 24.3 Å². The van der Waals surface area contributed by atoms with Gasteiger partial charge in [-0.2, -0.15) is 0 Å². The van der Waals surface area contributed by atoms with Crippen LogP contribution in [0.5, 0.6) is 0 Å². The Bertz CT molecular complexity index is 714. The molecule has 0 radical (unpaired) electrons. The second kappa shape index (κ2) is 3.80. The summed E-state index contributed by atoms with van der Waals surface area (Å²) in [4.78, 5) is 7.01. The molecule has 3 N–H and O–H groups in total. The number of para-hydroxylation sites is 1. The molecule has 90 valence electrons. The van der Waals surface area contributed by atoms with Crippen LogP contribution in [-0.2, 0) is 0 Å². The van der Waals surface area contributed by atoms with Gasteiger partial charge in [0.1, 0.15) is 23.0 Å². The number of nitrogens with zero attached hydrogens (tertiary/aromatic N) is 1. The lowest BCUT2D eigenvalue weighted by atomic mass is 10.2. The van der Waals surface area contributed by atoms with Crippen molar-refractivity contribution in [2.45, 2.75) is 0 Å². The third-order valence-corrected chi connectivity index (χ3v) is 2.74. The first-order valence-corrected chi connectivity index (χ1v) is 5.35. The highest BCUT2D eigenvalue weighted by molar-refractivity contribution is 5.89. The van der Waals surface area contributed by atoms with Crippen molar-refractivity contribution < 1.29 is 8.78 Å². The van der Waals surface area contributed by atoms with Crippen LogP contribution in [0.15, 0.2) is 36.4 Å². The van der Waals surface area contributed by atoms with E-state index in [-0.39, 0.29) is 11.4 Å². The molecule has 0 spiro atoms. The highest BCUT2D eigenvalue weighted by Crippen LogP contribution is 2.27. The van der Waals surface area contributed by atoms with Crippen molar-refractivity contribution in [2.75, 3.05) is 5.73 Å². The molecule has 3 nitrogen and oxygen atoms in total. The van der Waals surface area contributed by atoms with E-state index in [2.05, 4.69) is 9.97 Å². The van der Waals surface area contributed by atoms with E-state index in [1.54, 1.807) is 18.2 Å². The first-order chi connectivity index (χ1) is 8.66. The van der Waals surface area contributed by atoms with Crippen LogP contribution in [0.3, 0.4) is 0 Å². The van der Waals surface area contributed by atoms with E-state index >= 15 is 0 Å². The Labute approximate surface area is 101 Å². The van der Waals surface area contributed by atoms with Crippen molar-refractivity contribution in [1.82, 2.24) is 9.97 Å². The molecule has 0 aliphatic rings. The van der Waals surface area contributed by atoms with Gasteiger partial charge in [-0.25, -0.2) is 13.8 Å². The molecule has 0 bridgehead atoms. The quantitative estimate of drug-likeness (QED) is 0.647. The molecular formula is C13H9F2N3. The number of anilines is 1. The number of hydrogen-bond donors (Lipinski definition) is 2. The van der Waals surface area contributed by atoms with E-state index in [4.69, 9.17) is 5.73 Å². The largest absolute Gasteiger partial charge is 0.397 e. The minimum Gasteiger partial charge on any atom is -0.397 e. The maximum absolute atomic E-state index is 13.6. The molecule has 0 aliphatic heterocycles. The summed E-state index contributed by atoms with van der Waals surface area (Å²) < 4.78 is 27.3.